The molecule has 1 unspecified atom stereocenters. The lowest BCUT2D eigenvalue weighted by atomic mass is 10.0. The van der Waals surface area contributed by atoms with E-state index in [0.29, 0.717) is 0 Å². The van der Waals surface area contributed by atoms with Crippen LogP contribution in [0.15, 0.2) is 48.5 Å². The predicted octanol–water partition coefficient (Wildman–Crippen LogP) is 3.25. The van der Waals surface area contributed by atoms with Crippen molar-refractivity contribution in [3.05, 3.63) is 54.1 Å². The number of nitrogens with two attached hydrogens (primary N) is 1. The summed E-state index contributed by atoms with van der Waals surface area (Å²) in [7, 11) is 0. The zero-order chi connectivity index (χ0) is 12.5. The minimum absolute atomic E-state index is 0.0397. The number of aromatic amines is 1. The molecule has 1 atom stereocenters. The first-order chi connectivity index (χ1) is 8.75. The van der Waals surface area contributed by atoms with E-state index in [9.17, 15) is 0 Å². The van der Waals surface area contributed by atoms with E-state index in [-0.39, 0.29) is 6.04 Å². The van der Waals surface area contributed by atoms with Crippen LogP contribution in [0.4, 0.5) is 0 Å². The van der Waals surface area contributed by atoms with E-state index in [2.05, 4.69) is 40.5 Å². The van der Waals surface area contributed by atoms with Gasteiger partial charge in [-0.15, -0.1) is 0 Å². The number of H-pyrrole nitrogens is 1. The van der Waals surface area contributed by atoms with Crippen LogP contribution in [0.2, 0.25) is 0 Å². The molecule has 1 heterocycles. The van der Waals surface area contributed by atoms with Crippen LogP contribution in [0.5, 0.6) is 0 Å². The van der Waals surface area contributed by atoms with Crippen molar-refractivity contribution in [2.45, 2.75) is 13.0 Å². The maximum Gasteiger partial charge on any atom is 0.0999 e. The molecule has 3 nitrogen and oxygen atoms in total. The Balaban J connectivity index is 2.16. The highest BCUT2D eigenvalue weighted by Gasteiger charge is 2.09. The van der Waals surface area contributed by atoms with E-state index >= 15 is 0 Å². The van der Waals surface area contributed by atoms with Crippen LogP contribution in [0.3, 0.4) is 0 Å². The van der Waals surface area contributed by atoms with Gasteiger partial charge < -0.3 is 5.73 Å². The number of hydrogen-bond acceptors (Lipinski definition) is 2. The average Bonchev–Trinajstić information content (AvgIpc) is 2.82. The summed E-state index contributed by atoms with van der Waals surface area (Å²) in [5, 5.41) is 8.61. The molecule has 0 aliphatic rings. The summed E-state index contributed by atoms with van der Waals surface area (Å²) in [6.07, 6.45) is 0. The second-order valence-electron chi connectivity index (χ2n) is 4.53. The molecule has 3 aromatic rings. The van der Waals surface area contributed by atoms with Gasteiger partial charge in [0.1, 0.15) is 0 Å². The molecule has 0 bridgehead atoms. The standard InChI is InChI=1S/C15H15N3/c1-10(16)12-7-8-13-14(9-12)17-18-15(13)11-5-3-2-4-6-11/h2-10H,16H2,1H3,(H,17,18). The van der Waals surface area contributed by atoms with Gasteiger partial charge in [0.05, 0.1) is 11.2 Å². The van der Waals surface area contributed by atoms with Gasteiger partial charge in [0.25, 0.3) is 0 Å². The van der Waals surface area contributed by atoms with Crippen molar-refractivity contribution in [2.24, 2.45) is 5.73 Å². The molecule has 0 spiro atoms. The van der Waals surface area contributed by atoms with E-state index in [1.54, 1.807) is 0 Å². The maximum absolute atomic E-state index is 5.89. The van der Waals surface area contributed by atoms with Crippen molar-refractivity contribution >= 4 is 10.9 Å². The molecule has 0 radical (unpaired) electrons. The van der Waals surface area contributed by atoms with Crippen molar-refractivity contribution in [1.29, 1.82) is 0 Å². The number of hydrogen-bond donors (Lipinski definition) is 2. The molecule has 0 saturated heterocycles. The third-order valence-corrected chi connectivity index (χ3v) is 3.16. The molecule has 0 saturated carbocycles. The molecule has 0 fully saturated rings. The molecule has 3 rings (SSSR count). The first-order valence-corrected chi connectivity index (χ1v) is 6.05. The number of nitrogens with zero attached hydrogens (tertiary/aromatic N) is 1. The van der Waals surface area contributed by atoms with Crippen molar-refractivity contribution in [3.63, 3.8) is 0 Å². The highest BCUT2D eigenvalue weighted by atomic mass is 15.1. The second kappa shape index (κ2) is 4.27. The largest absolute Gasteiger partial charge is 0.324 e. The van der Waals surface area contributed by atoms with Gasteiger partial charge in [-0.2, -0.15) is 5.10 Å². The van der Waals surface area contributed by atoms with Gasteiger partial charge >= 0.3 is 0 Å². The minimum atomic E-state index is 0.0397. The quantitative estimate of drug-likeness (QED) is 0.718. The van der Waals surface area contributed by atoms with Crippen LogP contribution in [0.25, 0.3) is 22.2 Å². The summed E-state index contributed by atoms with van der Waals surface area (Å²) in [6.45, 7) is 1.98. The topological polar surface area (TPSA) is 54.7 Å². The maximum atomic E-state index is 5.89. The van der Waals surface area contributed by atoms with E-state index in [0.717, 1.165) is 27.7 Å². The van der Waals surface area contributed by atoms with Crippen LogP contribution in [-0.4, -0.2) is 10.2 Å². The lowest BCUT2D eigenvalue weighted by Gasteiger charge is -2.04. The number of rotatable bonds is 2. The molecule has 0 aliphatic carbocycles. The fourth-order valence-corrected chi connectivity index (χ4v) is 2.14. The smallest absolute Gasteiger partial charge is 0.0999 e. The zero-order valence-electron chi connectivity index (χ0n) is 10.2. The Hall–Kier alpha value is -2.13. The van der Waals surface area contributed by atoms with Crippen LogP contribution < -0.4 is 5.73 Å². The highest BCUT2D eigenvalue weighted by molar-refractivity contribution is 5.93. The number of benzene rings is 2. The van der Waals surface area contributed by atoms with Gasteiger partial charge in [-0.1, -0.05) is 42.5 Å². The zero-order valence-corrected chi connectivity index (χ0v) is 10.2. The molecular weight excluding hydrogens is 222 g/mol. The normalized spacial score (nSPS) is 12.8. The molecule has 3 N–H and O–H groups in total. The van der Waals surface area contributed by atoms with E-state index in [1.807, 2.05) is 25.1 Å². The first kappa shape index (κ1) is 11.0. The van der Waals surface area contributed by atoms with Crippen LogP contribution in [0, 0.1) is 0 Å². The van der Waals surface area contributed by atoms with E-state index in [4.69, 9.17) is 5.73 Å². The summed E-state index contributed by atoms with van der Waals surface area (Å²) in [5.41, 5.74) is 10.1. The third-order valence-electron chi connectivity index (χ3n) is 3.16. The van der Waals surface area contributed by atoms with E-state index < -0.39 is 0 Å². The average molecular weight is 237 g/mol. The van der Waals surface area contributed by atoms with Gasteiger partial charge in [-0.3, -0.25) is 5.10 Å². The fourth-order valence-electron chi connectivity index (χ4n) is 2.14. The first-order valence-electron chi connectivity index (χ1n) is 6.05. The van der Waals surface area contributed by atoms with Crippen LogP contribution in [-0.2, 0) is 0 Å². The van der Waals surface area contributed by atoms with Gasteiger partial charge in [0.15, 0.2) is 0 Å². The molecule has 3 heteroatoms. The Labute approximate surface area is 106 Å². The van der Waals surface area contributed by atoms with Crippen molar-refractivity contribution in [3.8, 4) is 11.3 Å². The van der Waals surface area contributed by atoms with E-state index in [1.165, 1.54) is 0 Å². The molecule has 0 aliphatic heterocycles. The summed E-state index contributed by atoms with van der Waals surface area (Å²) < 4.78 is 0. The summed E-state index contributed by atoms with van der Waals surface area (Å²) in [6, 6.07) is 16.4. The lowest BCUT2D eigenvalue weighted by Crippen LogP contribution is -2.04. The Morgan fingerprint density at radius 3 is 2.61 bits per heavy atom. The molecular formula is C15H15N3. The highest BCUT2D eigenvalue weighted by Crippen LogP contribution is 2.27. The Morgan fingerprint density at radius 2 is 1.89 bits per heavy atom. The molecule has 2 aromatic carbocycles. The number of fused-ring (bicyclic) bond motifs is 1. The van der Waals surface area contributed by atoms with Gasteiger partial charge in [-0.25, -0.2) is 0 Å². The van der Waals surface area contributed by atoms with Gasteiger partial charge in [0.2, 0.25) is 0 Å². The molecule has 1 aromatic heterocycles. The fraction of sp³-hybridized carbons (Fsp3) is 0.133. The van der Waals surface area contributed by atoms with Crippen LogP contribution in [0.1, 0.15) is 18.5 Å². The minimum Gasteiger partial charge on any atom is -0.324 e. The third kappa shape index (κ3) is 1.79. The predicted molar refractivity (Wildman–Crippen MR) is 74.1 cm³/mol. The Bertz CT molecular complexity index is 669. The lowest BCUT2D eigenvalue weighted by molar-refractivity contribution is 0.819. The Kier molecular flexibility index (Phi) is 2.61. The molecule has 90 valence electrons. The van der Waals surface area contributed by atoms with Crippen molar-refractivity contribution in [2.75, 3.05) is 0 Å². The summed E-state index contributed by atoms with van der Waals surface area (Å²) in [4.78, 5) is 0. The Morgan fingerprint density at radius 1 is 1.11 bits per heavy atom. The van der Waals surface area contributed by atoms with Gasteiger partial charge in [0, 0.05) is 17.0 Å². The SMILES string of the molecule is CC(N)c1ccc2c(-c3ccccc3)n[nH]c2c1. The monoisotopic (exact) mass is 237 g/mol. The summed E-state index contributed by atoms with van der Waals surface area (Å²) >= 11 is 0. The van der Waals surface area contributed by atoms with Crippen molar-refractivity contribution < 1.29 is 0 Å². The van der Waals surface area contributed by atoms with Gasteiger partial charge in [-0.05, 0) is 18.6 Å². The number of aromatic nitrogens is 2. The molecule has 18 heavy (non-hydrogen) atoms. The van der Waals surface area contributed by atoms with Crippen molar-refractivity contribution in [1.82, 2.24) is 10.2 Å². The second-order valence-corrected chi connectivity index (χ2v) is 4.53. The summed E-state index contributed by atoms with van der Waals surface area (Å²) in [5.74, 6) is 0. The molecule has 0 amide bonds. The van der Waals surface area contributed by atoms with Crippen LogP contribution >= 0.6 is 0 Å². The number of nitrogens with one attached hydrogen (secondary N) is 1.